The fraction of sp³-hybridized carbons (Fsp3) is 0.160. The van der Waals surface area contributed by atoms with Crippen LogP contribution in [0.1, 0.15) is 38.8 Å². The van der Waals surface area contributed by atoms with Crippen molar-refractivity contribution in [3.05, 3.63) is 89.0 Å². The Morgan fingerprint density at radius 1 is 0.812 bits per heavy atom. The van der Waals surface area contributed by atoms with Crippen LogP contribution in [0.15, 0.2) is 71.6 Å². The summed E-state index contributed by atoms with van der Waals surface area (Å²) in [6.07, 6.45) is 0. The zero-order valence-electron chi connectivity index (χ0n) is 18.0. The molecule has 0 bridgehead atoms. The number of thioether (sulfide) groups is 1. The van der Waals surface area contributed by atoms with E-state index in [2.05, 4.69) is 10.6 Å². The molecule has 3 rings (SSSR count). The molecule has 0 aliphatic heterocycles. The minimum Gasteiger partial charge on any atom is -0.478 e. The second kappa shape index (κ2) is 10.2. The number of carbonyl (C=O) groups is 3. The van der Waals surface area contributed by atoms with E-state index in [1.807, 2.05) is 45.0 Å². The molecule has 0 aromatic heterocycles. The lowest BCUT2D eigenvalue weighted by Gasteiger charge is -2.14. The van der Waals surface area contributed by atoms with Crippen molar-refractivity contribution >= 4 is 40.9 Å². The fourth-order valence-electron chi connectivity index (χ4n) is 3.26. The van der Waals surface area contributed by atoms with Gasteiger partial charge in [0, 0.05) is 16.3 Å². The quantitative estimate of drug-likeness (QED) is 0.422. The number of aryl methyl sites for hydroxylation is 2. The Morgan fingerprint density at radius 3 is 2.12 bits per heavy atom. The van der Waals surface area contributed by atoms with Gasteiger partial charge in [-0.2, -0.15) is 0 Å². The van der Waals surface area contributed by atoms with E-state index >= 15 is 0 Å². The van der Waals surface area contributed by atoms with Gasteiger partial charge in [0.15, 0.2) is 0 Å². The van der Waals surface area contributed by atoms with Crippen LogP contribution in [0, 0.1) is 13.8 Å². The highest BCUT2D eigenvalue weighted by molar-refractivity contribution is 8.00. The van der Waals surface area contributed by atoms with Crippen molar-refractivity contribution in [3.63, 3.8) is 0 Å². The number of rotatable bonds is 7. The topological polar surface area (TPSA) is 95.5 Å². The van der Waals surface area contributed by atoms with Crippen LogP contribution >= 0.6 is 11.8 Å². The summed E-state index contributed by atoms with van der Waals surface area (Å²) in [6, 6.07) is 19.0. The highest BCUT2D eigenvalue weighted by atomic mass is 32.2. The number of hydrogen-bond donors (Lipinski definition) is 3. The molecule has 0 saturated heterocycles. The van der Waals surface area contributed by atoms with Gasteiger partial charge in [0.2, 0.25) is 5.91 Å². The first-order valence-corrected chi connectivity index (χ1v) is 10.9. The number of aromatic carboxylic acids is 1. The molecular weight excluding hydrogens is 424 g/mol. The Labute approximate surface area is 191 Å². The summed E-state index contributed by atoms with van der Waals surface area (Å²) in [5, 5.41) is 14.6. The van der Waals surface area contributed by atoms with E-state index in [4.69, 9.17) is 0 Å². The van der Waals surface area contributed by atoms with Crippen molar-refractivity contribution in [2.75, 3.05) is 10.6 Å². The van der Waals surface area contributed by atoms with Crippen LogP contribution in [0.5, 0.6) is 0 Å². The van der Waals surface area contributed by atoms with Crippen molar-refractivity contribution in [2.24, 2.45) is 0 Å². The number of anilines is 2. The molecular formula is C25H24N2O4S. The standard InChI is InChI=1S/C25H24N2O4S/c1-15-11-16(2)13-19(12-15)27-23(28)17(3)32-20-8-6-7-18(14-20)26-24(29)21-9-4-5-10-22(21)25(30)31/h4-14,17H,1-3H3,(H,26,29)(H,27,28)(H,30,31). The van der Waals surface area contributed by atoms with E-state index < -0.39 is 11.9 Å². The van der Waals surface area contributed by atoms with Crippen LogP contribution in [0.4, 0.5) is 11.4 Å². The van der Waals surface area contributed by atoms with E-state index in [0.29, 0.717) is 5.69 Å². The average molecular weight is 449 g/mol. The molecule has 0 saturated carbocycles. The first-order chi connectivity index (χ1) is 15.2. The smallest absolute Gasteiger partial charge is 0.336 e. The Morgan fingerprint density at radius 2 is 1.47 bits per heavy atom. The summed E-state index contributed by atoms with van der Waals surface area (Å²) < 4.78 is 0. The number of carbonyl (C=O) groups excluding carboxylic acids is 2. The molecule has 0 radical (unpaired) electrons. The van der Waals surface area contributed by atoms with Crippen LogP contribution in [-0.2, 0) is 4.79 Å². The zero-order valence-corrected chi connectivity index (χ0v) is 18.8. The molecule has 32 heavy (non-hydrogen) atoms. The molecule has 0 aliphatic carbocycles. The van der Waals surface area contributed by atoms with Crippen molar-refractivity contribution in [1.29, 1.82) is 0 Å². The van der Waals surface area contributed by atoms with Gasteiger partial charge in [0.25, 0.3) is 5.91 Å². The zero-order chi connectivity index (χ0) is 23.3. The number of carboxylic acid groups (broad SMARTS) is 1. The van der Waals surface area contributed by atoms with Gasteiger partial charge in [0.05, 0.1) is 16.4 Å². The number of benzene rings is 3. The third-order valence-corrected chi connectivity index (χ3v) is 5.76. The third-order valence-electron chi connectivity index (χ3n) is 4.67. The van der Waals surface area contributed by atoms with Gasteiger partial charge in [0.1, 0.15) is 0 Å². The van der Waals surface area contributed by atoms with Crippen LogP contribution in [0.2, 0.25) is 0 Å². The molecule has 0 spiro atoms. The SMILES string of the molecule is Cc1cc(C)cc(NC(=O)C(C)Sc2cccc(NC(=O)c3ccccc3C(=O)O)c2)c1. The monoisotopic (exact) mass is 448 g/mol. The molecule has 2 amide bonds. The summed E-state index contributed by atoms with van der Waals surface area (Å²) in [5.41, 5.74) is 3.45. The molecule has 1 atom stereocenters. The minimum atomic E-state index is -1.16. The highest BCUT2D eigenvalue weighted by Crippen LogP contribution is 2.27. The Bertz CT molecular complexity index is 1160. The number of hydrogen-bond acceptors (Lipinski definition) is 4. The van der Waals surface area contributed by atoms with E-state index in [1.54, 1.807) is 30.3 Å². The van der Waals surface area contributed by atoms with Gasteiger partial charge in [-0.1, -0.05) is 24.3 Å². The van der Waals surface area contributed by atoms with Gasteiger partial charge in [-0.05, 0) is 74.4 Å². The Hall–Kier alpha value is -3.58. The lowest BCUT2D eigenvalue weighted by atomic mass is 10.1. The van der Waals surface area contributed by atoms with E-state index in [0.717, 1.165) is 21.7 Å². The predicted octanol–water partition coefficient (Wildman–Crippen LogP) is 5.37. The Kier molecular flexibility index (Phi) is 7.33. The van der Waals surface area contributed by atoms with Gasteiger partial charge in [-0.25, -0.2) is 4.79 Å². The molecule has 1 unspecified atom stereocenters. The first kappa shape index (κ1) is 23.1. The number of amides is 2. The molecule has 6 nitrogen and oxygen atoms in total. The van der Waals surface area contributed by atoms with Gasteiger partial charge >= 0.3 is 5.97 Å². The summed E-state index contributed by atoms with van der Waals surface area (Å²) in [7, 11) is 0. The second-order valence-electron chi connectivity index (χ2n) is 7.46. The minimum absolute atomic E-state index is 0.0628. The van der Waals surface area contributed by atoms with Crippen LogP contribution < -0.4 is 10.6 Å². The molecule has 0 aliphatic rings. The first-order valence-electron chi connectivity index (χ1n) is 10.0. The van der Waals surface area contributed by atoms with E-state index in [1.165, 1.54) is 23.9 Å². The van der Waals surface area contributed by atoms with Crippen LogP contribution in [-0.4, -0.2) is 28.1 Å². The molecule has 3 N–H and O–H groups in total. The summed E-state index contributed by atoms with van der Waals surface area (Å²) in [5.74, 6) is -1.79. The molecule has 3 aromatic rings. The molecule has 0 fully saturated rings. The maximum absolute atomic E-state index is 12.6. The largest absolute Gasteiger partial charge is 0.478 e. The molecule has 164 valence electrons. The summed E-state index contributed by atoms with van der Waals surface area (Å²) in [4.78, 5) is 37.4. The molecule has 7 heteroatoms. The van der Waals surface area contributed by atoms with Crippen molar-refractivity contribution in [1.82, 2.24) is 0 Å². The maximum atomic E-state index is 12.6. The normalized spacial score (nSPS) is 11.5. The summed E-state index contributed by atoms with van der Waals surface area (Å²) >= 11 is 1.37. The van der Waals surface area contributed by atoms with Gasteiger partial charge < -0.3 is 15.7 Å². The predicted molar refractivity (Wildman–Crippen MR) is 128 cm³/mol. The number of carboxylic acids is 1. The van der Waals surface area contributed by atoms with Crippen molar-refractivity contribution in [3.8, 4) is 0 Å². The molecule has 0 heterocycles. The number of nitrogens with one attached hydrogen (secondary N) is 2. The lowest BCUT2D eigenvalue weighted by Crippen LogP contribution is -2.22. The van der Waals surface area contributed by atoms with Crippen LogP contribution in [0.25, 0.3) is 0 Å². The van der Waals surface area contributed by atoms with Gasteiger partial charge in [-0.15, -0.1) is 11.8 Å². The van der Waals surface area contributed by atoms with Crippen molar-refractivity contribution in [2.45, 2.75) is 30.9 Å². The fourth-order valence-corrected chi connectivity index (χ4v) is 4.19. The maximum Gasteiger partial charge on any atom is 0.336 e. The van der Waals surface area contributed by atoms with E-state index in [-0.39, 0.29) is 22.3 Å². The van der Waals surface area contributed by atoms with E-state index in [9.17, 15) is 19.5 Å². The Balaban J connectivity index is 1.67. The average Bonchev–Trinajstić information content (AvgIpc) is 2.73. The second-order valence-corrected chi connectivity index (χ2v) is 8.87. The van der Waals surface area contributed by atoms with Crippen LogP contribution in [0.3, 0.4) is 0 Å². The third kappa shape index (κ3) is 5.98. The molecule has 3 aromatic carbocycles. The highest BCUT2D eigenvalue weighted by Gasteiger charge is 2.17. The summed E-state index contributed by atoms with van der Waals surface area (Å²) in [6.45, 7) is 5.78. The van der Waals surface area contributed by atoms with Gasteiger partial charge in [-0.3, -0.25) is 9.59 Å². The lowest BCUT2D eigenvalue weighted by molar-refractivity contribution is -0.115. The van der Waals surface area contributed by atoms with Crippen molar-refractivity contribution < 1.29 is 19.5 Å².